The summed E-state index contributed by atoms with van der Waals surface area (Å²) in [6, 6.07) is 5.55. The first-order valence-corrected chi connectivity index (χ1v) is 7.06. The second-order valence-electron chi connectivity index (χ2n) is 4.40. The average molecular weight is 274 g/mol. The number of hydrogen-bond donors (Lipinski definition) is 1. The van der Waals surface area contributed by atoms with Crippen molar-refractivity contribution in [3.8, 4) is 22.9 Å². The highest BCUT2D eigenvalue weighted by molar-refractivity contribution is 7.98. The Labute approximate surface area is 113 Å². The molecule has 0 aliphatic carbocycles. The molecule has 2 aromatic rings. The van der Waals surface area contributed by atoms with Crippen molar-refractivity contribution >= 4 is 11.8 Å². The standard InChI is InChI=1S/C13H10N2O3S/c16-13-8-4-19-5-9(8)14-12(15-13)7-1-2-10-11(3-7)18-6-17-10/h1-3H,4-6H2,(H,14,15,16). The van der Waals surface area contributed by atoms with Crippen LogP contribution in [0.25, 0.3) is 11.4 Å². The first kappa shape index (κ1) is 10.9. The Hall–Kier alpha value is -1.95. The van der Waals surface area contributed by atoms with Gasteiger partial charge in [-0.2, -0.15) is 11.8 Å². The molecule has 6 heteroatoms. The van der Waals surface area contributed by atoms with Crippen LogP contribution in [0.3, 0.4) is 0 Å². The predicted molar refractivity (Wildman–Crippen MR) is 71.4 cm³/mol. The number of hydrogen-bond acceptors (Lipinski definition) is 5. The van der Waals surface area contributed by atoms with Crippen molar-refractivity contribution in [1.82, 2.24) is 9.97 Å². The zero-order valence-corrected chi connectivity index (χ0v) is 10.8. The van der Waals surface area contributed by atoms with E-state index in [2.05, 4.69) is 9.97 Å². The van der Waals surface area contributed by atoms with Gasteiger partial charge in [-0.3, -0.25) is 4.79 Å². The third-order valence-corrected chi connectivity index (χ3v) is 4.20. The Balaban J connectivity index is 1.85. The molecule has 0 fully saturated rings. The van der Waals surface area contributed by atoms with Crippen molar-refractivity contribution in [1.29, 1.82) is 0 Å². The normalized spacial score (nSPS) is 15.6. The summed E-state index contributed by atoms with van der Waals surface area (Å²) in [5.41, 5.74) is 2.49. The molecular formula is C13H10N2O3S. The van der Waals surface area contributed by atoms with Crippen LogP contribution in [0, 0.1) is 0 Å². The molecule has 3 heterocycles. The van der Waals surface area contributed by atoms with Crippen molar-refractivity contribution in [3.63, 3.8) is 0 Å². The summed E-state index contributed by atoms with van der Waals surface area (Å²) >= 11 is 1.71. The maximum atomic E-state index is 12.0. The van der Waals surface area contributed by atoms with E-state index in [1.54, 1.807) is 11.8 Å². The van der Waals surface area contributed by atoms with Gasteiger partial charge in [-0.05, 0) is 18.2 Å². The minimum absolute atomic E-state index is 0.0392. The lowest BCUT2D eigenvalue weighted by molar-refractivity contribution is 0.174. The van der Waals surface area contributed by atoms with Crippen molar-refractivity contribution in [3.05, 3.63) is 39.8 Å². The molecule has 2 aliphatic rings. The number of ether oxygens (including phenoxy) is 2. The van der Waals surface area contributed by atoms with Gasteiger partial charge in [0.2, 0.25) is 6.79 Å². The lowest BCUT2D eigenvalue weighted by Gasteiger charge is -2.04. The summed E-state index contributed by atoms with van der Waals surface area (Å²) in [5.74, 6) is 3.55. The Bertz CT molecular complexity index is 726. The van der Waals surface area contributed by atoms with Gasteiger partial charge >= 0.3 is 0 Å². The fourth-order valence-electron chi connectivity index (χ4n) is 2.24. The maximum Gasteiger partial charge on any atom is 0.255 e. The molecule has 19 heavy (non-hydrogen) atoms. The van der Waals surface area contributed by atoms with E-state index in [1.807, 2.05) is 18.2 Å². The van der Waals surface area contributed by atoms with Gasteiger partial charge in [0.05, 0.1) is 5.69 Å². The number of nitrogens with one attached hydrogen (secondary N) is 1. The van der Waals surface area contributed by atoms with Crippen LogP contribution < -0.4 is 15.0 Å². The average Bonchev–Trinajstić information content (AvgIpc) is 3.06. The fraction of sp³-hybridized carbons (Fsp3) is 0.231. The number of fused-ring (bicyclic) bond motifs is 2. The van der Waals surface area contributed by atoms with Crippen LogP contribution in [0.1, 0.15) is 11.3 Å². The Morgan fingerprint density at radius 2 is 2.11 bits per heavy atom. The number of H-pyrrole nitrogens is 1. The summed E-state index contributed by atoms with van der Waals surface area (Å²) in [5, 5.41) is 0. The van der Waals surface area contributed by atoms with Crippen molar-refractivity contribution in [2.45, 2.75) is 11.5 Å². The first-order chi connectivity index (χ1) is 9.31. The number of nitrogens with zero attached hydrogens (tertiary/aromatic N) is 1. The molecule has 5 nitrogen and oxygen atoms in total. The molecule has 0 unspecified atom stereocenters. The van der Waals surface area contributed by atoms with E-state index in [0.717, 1.165) is 34.1 Å². The zero-order chi connectivity index (χ0) is 12.8. The molecule has 0 bridgehead atoms. The monoisotopic (exact) mass is 274 g/mol. The van der Waals surface area contributed by atoms with Crippen LogP contribution in [0.5, 0.6) is 11.5 Å². The Morgan fingerprint density at radius 3 is 3.05 bits per heavy atom. The summed E-state index contributed by atoms with van der Waals surface area (Å²) in [7, 11) is 0. The maximum absolute atomic E-state index is 12.0. The van der Waals surface area contributed by atoms with Gasteiger partial charge in [0.25, 0.3) is 5.56 Å². The largest absolute Gasteiger partial charge is 0.454 e. The number of aromatic amines is 1. The van der Waals surface area contributed by atoms with Crippen molar-refractivity contribution < 1.29 is 9.47 Å². The number of thioether (sulfide) groups is 1. The van der Waals surface area contributed by atoms with Gasteiger partial charge in [0, 0.05) is 22.6 Å². The van der Waals surface area contributed by atoms with E-state index in [-0.39, 0.29) is 12.4 Å². The minimum Gasteiger partial charge on any atom is -0.454 e. The molecule has 1 N–H and O–H groups in total. The van der Waals surface area contributed by atoms with Crippen LogP contribution >= 0.6 is 11.8 Å². The predicted octanol–water partition coefficient (Wildman–Crippen LogP) is 1.91. The van der Waals surface area contributed by atoms with Crippen LogP contribution in [0.2, 0.25) is 0 Å². The van der Waals surface area contributed by atoms with Gasteiger partial charge in [-0.25, -0.2) is 4.98 Å². The lowest BCUT2D eigenvalue weighted by Crippen LogP contribution is -2.15. The third-order valence-electron chi connectivity index (χ3n) is 3.23. The quantitative estimate of drug-likeness (QED) is 0.860. The van der Waals surface area contributed by atoms with Crippen LogP contribution in [0.4, 0.5) is 0 Å². The summed E-state index contributed by atoms with van der Waals surface area (Å²) in [4.78, 5) is 19.3. The smallest absolute Gasteiger partial charge is 0.255 e. The Morgan fingerprint density at radius 1 is 1.21 bits per heavy atom. The second kappa shape index (κ2) is 4.03. The highest BCUT2D eigenvalue weighted by Gasteiger charge is 2.19. The minimum atomic E-state index is -0.0392. The van der Waals surface area contributed by atoms with Crippen molar-refractivity contribution in [2.24, 2.45) is 0 Å². The van der Waals surface area contributed by atoms with E-state index in [1.165, 1.54) is 0 Å². The molecule has 1 aromatic heterocycles. The first-order valence-electron chi connectivity index (χ1n) is 5.91. The van der Waals surface area contributed by atoms with E-state index in [9.17, 15) is 4.79 Å². The van der Waals surface area contributed by atoms with Gasteiger partial charge < -0.3 is 14.5 Å². The molecule has 0 spiro atoms. The fourth-order valence-corrected chi connectivity index (χ4v) is 3.28. The van der Waals surface area contributed by atoms with E-state index in [4.69, 9.17) is 9.47 Å². The lowest BCUT2D eigenvalue weighted by atomic mass is 10.1. The SMILES string of the molecule is O=c1[nH]c(-c2ccc3c(c2)OCO3)nc2c1CSC2. The van der Waals surface area contributed by atoms with Gasteiger partial charge in [0.1, 0.15) is 5.82 Å². The van der Waals surface area contributed by atoms with Crippen LogP contribution in [0.15, 0.2) is 23.0 Å². The topological polar surface area (TPSA) is 64.2 Å². The number of rotatable bonds is 1. The van der Waals surface area contributed by atoms with E-state index < -0.39 is 0 Å². The number of aromatic nitrogens is 2. The molecule has 4 rings (SSSR count). The van der Waals surface area contributed by atoms with Crippen molar-refractivity contribution in [2.75, 3.05) is 6.79 Å². The van der Waals surface area contributed by atoms with Crippen LogP contribution in [-0.4, -0.2) is 16.8 Å². The second-order valence-corrected chi connectivity index (χ2v) is 5.39. The third kappa shape index (κ3) is 1.71. The molecule has 1 aromatic carbocycles. The molecule has 96 valence electrons. The molecular weight excluding hydrogens is 264 g/mol. The molecule has 0 saturated carbocycles. The molecule has 0 atom stereocenters. The summed E-state index contributed by atoms with van der Waals surface area (Å²) in [6.45, 7) is 0.240. The Kier molecular flexibility index (Phi) is 2.32. The molecule has 2 aliphatic heterocycles. The highest BCUT2D eigenvalue weighted by atomic mass is 32.2. The van der Waals surface area contributed by atoms with Crippen LogP contribution in [-0.2, 0) is 11.5 Å². The van der Waals surface area contributed by atoms with E-state index in [0.29, 0.717) is 11.6 Å². The van der Waals surface area contributed by atoms with Gasteiger partial charge in [-0.1, -0.05) is 0 Å². The summed E-state index contributed by atoms with van der Waals surface area (Å²) < 4.78 is 10.6. The highest BCUT2D eigenvalue weighted by Crippen LogP contribution is 2.35. The van der Waals surface area contributed by atoms with Gasteiger partial charge in [-0.15, -0.1) is 0 Å². The number of benzene rings is 1. The zero-order valence-electron chi connectivity index (χ0n) is 9.93. The molecule has 0 saturated heterocycles. The van der Waals surface area contributed by atoms with E-state index >= 15 is 0 Å². The molecule has 0 amide bonds. The summed E-state index contributed by atoms with van der Waals surface area (Å²) in [6.07, 6.45) is 0. The molecule has 0 radical (unpaired) electrons. The van der Waals surface area contributed by atoms with Gasteiger partial charge in [0.15, 0.2) is 11.5 Å².